The number of nitrogens with one attached hydrogen (secondary N) is 1. The van der Waals surface area contributed by atoms with Crippen LogP contribution in [0.2, 0.25) is 0 Å². The van der Waals surface area contributed by atoms with Crippen molar-refractivity contribution in [2.24, 2.45) is 0 Å². The van der Waals surface area contributed by atoms with Crippen LogP contribution in [0.5, 0.6) is 0 Å². The van der Waals surface area contributed by atoms with Crippen LogP contribution in [-0.4, -0.2) is 41.5 Å². The quantitative estimate of drug-likeness (QED) is 0.584. The number of amides is 1. The van der Waals surface area contributed by atoms with Gasteiger partial charge in [-0.1, -0.05) is 36.4 Å². The zero-order valence-corrected chi connectivity index (χ0v) is 18.8. The van der Waals surface area contributed by atoms with E-state index in [4.69, 9.17) is 0 Å². The highest BCUT2D eigenvalue weighted by Gasteiger charge is 2.22. The van der Waals surface area contributed by atoms with Crippen LogP contribution < -0.4 is 14.5 Å². The normalized spacial score (nSPS) is 11.1. The lowest BCUT2D eigenvalue weighted by Gasteiger charge is -2.22. The summed E-state index contributed by atoms with van der Waals surface area (Å²) in [7, 11) is -0.177. The molecule has 0 aliphatic rings. The number of hydrogen-bond donors (Lipinski definition) is 1. The van der Waals surface area contributed by atoms with E-state index in [9.17, 15) is 13.2 Å². The summed E-state index contributed by atoms with van der Waals surface area (Å²) >= 11 is 0. The number of sulfonamides is 1. The van der Waals surface area contributed by atoms with Crippen molar-refractivity contribution in [3.8, 4) is 0 Å². The number of rotatable bonds is 8. The second-order valence-electron chi connectivity index (χ2n) is 7.30. The molecule has 0 aromatic heterocycles. The highest BCUT2D eigenvalue weighted by Crippen LogP contribution is 2.26. The van der Waals surface area contributed by atoms with Gasteiger partial charge in [-0.25, -0.2) is 8.42 Å². The summed E-state index contributed by atoms with van der Waals surface area (Å²) in [5.41, 5.74) is 2.81. The Hall–Kier alpha value is -3.32. The fourth-order valence-corrected chi connectivity index (χ4v) is 4.56. The highest BCUT2D eigenvalue weighted by atomic mass is 32.2. The Morgan fingerprint density at radius 3 is 2.13 bits per heavy atom. The molecule has 0 aliphatic heterocycles. The number of benzene rings is 3. The number of hydrogen-bond acceptors (Lipinski definition) is 4. The number of aryl methyl sites for hydroxylation is 1. The summed E-state index contributed by atoms with van der Waals surface area (Å²) in [5.74, 6) is -0.190. The Balaban J connectivity index is 1.65. The van der Waals surface area contributed by atoms with E-state index in [0.717, 1.165) is 5.69 Å². The Bertz CT molecular complexity index is 1130. The Kier molecular flexibility index (Phi) is 6.97. The van der Waals surface area contributed by atoms with Crippen LogP contribution in [0, 0.1) is 6.92 Å². The SMILES string of the molecule is Cc1cc(C(=O)NCCN(C)c2ccccc2)ccc1N(C)S(=O)(=O)c1ccccc1. The van der Waals surface area contributed by atoms with E-state index in [0.29, 0.717) is 29.9 Å². The predicted octanol–water partition coefficient (Wildman–Crippen LogP) is 3.69. The fraction of sp³-hybridized carbons (Fsp3) is 0.208. The number of nitrogens with zero attached hydrogens (tertiary/aromatic N) is 2. The van der Waals surface area contributed by atoms with E-state index in [1.165, 1.54) is 11.4 Å². The van der Waals surface area contributed by atoms with E-state index < -0.39 is 10.0 Å². The summed E-state index contributed by atoms with van der Waals surface area (Å²) in [6, 6.07) is 23.3. The largest absolute Gasteiger partial charge is 0.373 e. The molecule has 1 N–H and O–H groups in total. The third-order valence-corrected chi connectivity index (χ3v) is 6.92. The van der Waals surface area contributed by atoms with Crippen molar-refractivity contribution in [3.05, 3.63) is 90.0 Å². The highest BCUT2D eigenvalue weighted by molar-refractivity contribution is 7.92. The lowest BCUT2D eigenvalue weighted by Crippen LogP contribution is -2.33. The number of anilines is 2. The van der Waals surface area contributed by atoms with Crippen LogP contribution in [0.1, 0.15) is 15.9 Å². The summed E-state index contributed by atoms with van der Waals surface area (Å²) in [6.07, 6.45) is 0. The molecule has 0 atom stereocenters. The van der Waals surface area contributed by atoms with Gasteiger partial charge >= 0.3 is 0 Å². The van der Waals surface area contributed by atoms with Crippen LogP contribution in [-0.2, 0) is 10.0 Å². The molecule has 0 heterocycles. The predicted molar refractivity (Wildman–Crippen MR) is 125 cm³/mol. The van der Waals surface area contributed by atoms with Gasteiger partial charge in [-0.05, 0) is 55.0 Å². The first-order valence-corrected chi connectivity index (χ1v) is 11.4. The molecule has 0 aliphatic carbocycles. The molecule has 0 radical (unpaired) electrons. The molecule has 1 amide bonds. The molecule has 3 aromatic carbocycles. The molecule has 6 nitrogen and oxygen atoms in total. The van der Waals surface area contributed by atoms with Gasteiger partial charge in [0.05, 0.1) is 10.6 Å². The van der Waals surface area contributed by atoms with Crippen molar-refractivity contribution in [3.63, 3.8) is 0 Å². The zero-order chi connectivity index (χ0) is 22.4. The monoisotopic (exact) mass is 437 g/mol. The van der Waals surface area contributed by atoms with Crippen molar-refractivity contribution < 1.29 is 13.2 Å². The van der Waals surface area contributed by atoms with Crippen LogP contribution >= 0.6 is 0 Å². The minimum atomic E-state index is -3.67. The molecule has 0 spiro atoms. The van der Waals surface area contributed by atoms with Gasteiger partial charge < -0.3 is 10.2 Å². The van der Waals surface area contributed by atoms with Crippen molar-refractivity contribution in [1.29, 1.82) is 0 Å². The third kappa shape index (κ3) is 5.24. The van der Waals surface area contributed by atoms with Crippen LogP contribution in [0.4, 0.5) is 11.4 Å². The zero-order valence-electron chi connectivity index (χ0n) is 17.9. The molecule has 162 valence electrons. The summed E-state index contributed by atoms with van der Waals surface area (Å²) in [4.78, 5) is 14.8. The van der Waals surface area contributed by atoms with Crippen molar-refractivity contribution in [1.82, 2.24) is 5.32 Å². The minimum absolute atomic E-state index is 0.190. The first kappa shape index (κ1) is 22.4. The molecule has 3 aromatic rings. The molecule has 0 saturated heterocycles. The average molecular weight is 438 g/mol. The number of para-hydroxylation sites is 1. The van der Waals surface area contributed by atoms with Gasteiger partial charge in [0.1, 0.15) is 0 Å². The van der Waals surface area contributed by atoms with Gasteiger partial charge in [-0.15, -0.1) is 0 Å². The van der Waals surface area contributed by atoms with E-state index in [1.54, 1.807) is 55.5 Å². The van der Waals surface area contributed by atoms with Gasteiger partial charge in [-0.2, -0.15) is 0 Å². The lowest BCUT2D eigenvalue weighted by atomic mass is 10.1. The maximum atomic E-state index is 12.9. The maximum Gasteiger partial charge on any atom is 0.264 e. The molecule has 0 fully saturated rings. The van der Waals surface area contributed by atoms with Gasteiger partial charge in [-0.3, -0.25) is 9.10 Å². The molecular weight excluding hydrogens is 410 g/mol. The molecule has 0 unspecified atom stereocenters. The first-order chi connectivity index (χ1) is 14.8. The van der Waals surface area contributed by atoms with E-state index in [-0.39, 0.29) is 10.8 Å². The van der Waals surface area contributed by atoms with Crippen molar-refractivity contribution in [2.45, 2.75) is 11.8 Å². The maximum absolute atomic E-state index is 12.9. The Labute approximate surface area is 184 Å². The van der Waals surface area contributed by atoms with Gasteiger partial charge in [0, 0.05) is 38.4 Å². The van der Waals surface area contributed by atoms with Gasteiger partial charge in [0.15, 0.2) is 0 Å². The third-order valence-electron chi connectivity index (χ3n) is 5.13. The second-order valence-corrected chi connectivity index (χ2v) is 9.27. The Morgan fingerprint density at radius 2 is 1.52 bits per heavy atom. The van der Waals surface area contributed by atoms with Crippen molar-refractivity contribution >= 4 is 27.3 Å². The van der Waals surface area contributed by atoms with E-state index in [1.807, 2.05) is 37.4 Å². The topological polar surface area (TPSA) is 69.7 Å². The summed E-state index contributed by atoms with van der Waals surface area (Å²) < 4.78 is 27.0. The molecule has 3 rings (SSSR count). The second kappa shape index (κ2) is 9.66. The summed E-state index contributed by atoms with van der Waals surface area (Å²) in [6.45, 7) is 2.96. The fourth-order valence-electron chi connectivity index (χ4n) is 3.28. The average Bonchev–Trinajstić information content (AvgIpc) is 2.79. The van der Waals surface area contributed by atoms with Gasteiger partial charge in [0.25, 0.3) is 15.9 Å². The number of carbonyl (C=O) groups is 1. The summed E-state index contributed by atoms with van der Waals surface area (Å²) in [5, 5.41) is 2.92. The molecule has 7 heteroatoms. The number of carbonyl (C=O) groups excluding carboxylic acids is 1. The standard InChI is InChI=1S/C24H27N3O3S/c1-19-18-20(24(28)25-16-17-26(2)21-10-6-4-7-11-21)14-15-23(19)27(3)31(29,30)22-12-8-5-9-13-22/h4-15,18H,16-17H2,1-3H3,(H,25,28). The van der Waals surface area contributed by atoms with Crippen LogP contribution in [0.3, 0.4) is 0 Å². The molecule has 0 bridgehead atoms. The van der Waals surface area contributed by atoms with Crippen molar-refractivity contribution in [2.75, 3.05) is 36.4 Å². The number of likely N-dealkylation sites (N-methyl/N-ethyl adjacent to an activating group) is 1. The van der Waals surface area contributed by atoms with Crippen LogP contribution in [0.25, 0.3) is 0 Å². The smallest absolute Gasteiger partial charge is 0.264 e. The molecule has 31 heavy (non-hydrogen) atoms. The first-order valence-electron chi connectivity index (χ1n) is 9.99. The molecule has 0 saturated carbocycles. The van der Waals surface area contributed by atoms with Crippen LogP contribution in [0.15, 0.2) is 83.8 Å². The van der Waals surface area contributed by atoms with Gasteiger partial charge in [0.2, 0.25) is 0 Å². The molecular formula is C24H27N3O3S. The van der Waals surface area contributed by atoms with E-state index >= 15 is 0 Å². The van der Waals surface area contributed by atoms with E-state index in [2.05, 4.69) is 10.2 Å². The minimum Gasteiger partial charge on any atom is -0.373 e. The Morgan fingerprint density at radius 1 is 0.903 bits per heavy atom. The lowest BCUT2D eigenvalue weighted by molar-refractivity contribution is 0.0954.